The van der Waals surface area contributed by atoms with E-state index >= 15 is 0 Å². The lowest BCUT2D eigenvalue weighted by molar-refractivity contribution is 0.175. The fraction of sp³-hybridized carbons (Fsp3) is 0.375. The molecule has 0 aliphatic carbocycles. The molecular weight excluding hydrogens is 299 g/mol. The van der Waals surface area contributed by atoms with E-state index in [4.69, 9.17) is 0 Å². The quantitative estimate of drug-likeness (QED) is 0.792. The molecule has 0 spiro atoms. The van der Waals surface area contributed by atoms with Crippen molar-refractivity contribution in [1.29, 1.82) is 0 Å². The summed E-state index contributed by atoms with van der Waals surface area (Å²) in [4.78, 5) is 12.0. The summed E-state index contributed by atoms with van der Waals surface area (Å²) in [6, 6.07) is 5.08. The number of carbonyl (C=O) groups is 1. The fourth-order valence-corrected chi connectivity index (χ4v) is 2.34. The van der Waals surface area contributed by atoms with Gasteiger partial charge in [-0.3, -0.25) is 4.68 Å². The maximum atomic E-state index is 12.8. The highest BCUT2D eigenvalue weighted by Crippen LogP contribution is 2.19. The summed E-state index contributed by atoms with van der Waals surface area (Å²) in [5.41, 5.74) is 2.82. The van der Waals surface area contributed by atoms with Crippen molar-refractivity contribution in [2.45, 2.75) is 33.4 Å². The fourth-order valence-electron chi connectivity index (χ4n) is 2.34. The zero-order valence-corrected chi connectivity index (χ0v) is 13.4. The smallest absolute Gasteiger partial charge is 0.319 e. The third-order valence-electron chi connectivity index (χ3n) is 3.63. The van der Waals surface area contributed by atoms with Crippen LogP contribution in [0.3, 0.4) is 0 Å². The van der Waals surface area contributed by atoms with Gasteiger partial charge in [0.05, 0.1) is 23.2 Å². The number of hydrogen-bond acceptors (Lipinski definition) is 3. The van der Waals surface area contributed by atoms with Crippen LogP contribution in [0.4, 0.5) is 14.9 Å². The second kappa shape index (κ2) is 7.23. The Morgan fingerprint density at radius 2 is 2.00 bits per heavy atom. The van der Waals surface area contributed by atoms with E-state index < -0.39 is 12.1 Å². The van der Waals surface area contributed by atoms with Gasteiger partial charge in [-0.05, 0) is 38.5 Å². The number of amides is 2. The van der Waals surface area contributed by atoms with Gasteiger partial charge in [0.25, 0.3) is 0 Å². The van der Waals surface area contributed by atoms with Gasteiger partial charge in [-0.25, -0.2) is 9.18 Å². The largest absolute Gasteiger partial charge is 0.387 e. The highest BCUT2D eigenvalue weighted by atomic mass is 19.1. The number of urea groups is 1. The van der Waals surface area contributed by atoms with Crippen LogP contribution in [0, 0.1) is 19.7 Å². The lowest BCUT2D eigenvalue weighted by Crippen LogP contribution is -2.32. The zero-order valence-electron chi connectivity index (χ0n) is 13.4. The maximum Gasteiger partial charge on any atom is 0.319 e. The Hall–Kier alpha value is -2.41. The minimum atomic E-state index is -0.901. The third-order valence-corrected chi connectivity index (χ3v) is 3.63. The lowest BCUT2D eigenvalue weighted by atomic mass is 10.1. The first-order chi connectivity index (χ1) is 10.9. The summed E-state index contributed by atoms with van der Waals surface area (Å²) >= 11 is 0. The van der Waals surface area contributed by atoms with Gasteiger partial charge in [0.15, 0.2) is 0 Å². The Kier molecular flexibility index (Phi) is 5.33. The number of anilines is 1. The van der Waals surface area contributed by atoms with Crippen molar-refractivity contribution in [3.05, 3.63) is 47.0 Å². The van der Waals surface area contributed by atoms with E-state index in [1.165, 1.54) is 24.3 Å². The predicted octanol–water partition coefficient (Wildman–Crippen LogP) is 2.51. The number of nitrogens with one attached hydrogen (secondary N) is 2. The molecule has 2 amide bonds. The number of rotatable bonds is 5. The first-order valence-electron chi connectivity index (χ1n) is 7.44. The van der Waals surface area contributed by atoms with E-state index in [1.807, 2.05) is 20.8 Å². The van der Waals surface area contributed by atoms with E-state index in [-0.39, 0.29) is 12.4 Å². The van der Waals surface area contributed by atoms with Gasteiger partial charge in [-0.2, -0.15) is 5.10 Å². The van der Waals surface area contributed by atoms with Crippen molar-refractivity contribution in [3.63, 3.8) is 0 Å². The molecule has 1 heterocycles. The number of carbonyl (C=O) groups excluding carboxylic acids is 1. The molecule has 1 aromatic carbocycles. The number of aliphatic hydroxyl groups excluding tert-OH is 1. The molecule has 0 saturated carbocycles. The summed E-state index contributed by atoms with van der Waals surface area (Å²) in [5.74, 6) is -0.370. The van der Waals surface area contributed by atoms with Crippen molar-refractivity contribution in [3.8, 4) is 0 Å². The normalized spacial score (nSPS) is 12.0. The average molecular weight is 320 g/mol. The second-order valence-corrected chi connectivity index (χ2v) is 5.26. The second-order valence-electron chi connectivity index (χ2n) is 5.26. The Morgan fingerprint density at radius 1 is 1.35 bits per heavy atom. The van der Waals surface area contributed by atoms with Crippen LogP contribution in [0.5, 0.6) is 0 Å². The van der Waals surface area contributed by atoms with Crippen LogP contribution in [-0.2, 0) is 6.54 Å². The van der Waals surface area contributed by atoms with Crippen LogP contribution in [0.15, 0.2) is 24.3 Å². The van der Waals surface area contributed by atoms with E-state index in [1.54, 1.807) is 4.68 Å². The lowest BCUT2D eigenvalue weighted by Gasteiger charge is -2.13. The van der Waals surface area contributed by atoms with Crippen molar-refractivity contribution in [2.75, 3.05) is 11.9 Å². The molecule has 0 aliphatic heterocycles. The molecule has 1 unspecified atom stereocenters. The Labute approximate surface area is 134 Å². The van der Waals surface area contributed by atoms with Crippen LogP contribution < -0.4 is 10.6 Å². The number of hydrogen-bond donors (Lipinski definition) is 3. The summed E-state index contributed by atoms with van der Waals surface area (Å²) in [6.45, 7) is 6.42. The highest BCUT2D eigenvalue weighted by Gasteiger charge is 2.14. The summed E-state index contributed by atoms with van der Waals surface area (Å²) in [7, 11) is 0. The number of aromatic nitrogens is 2. The van der Waals surface area contributed by atoms with Gasteiger partial charge in [0, 0.05) is 13.1 Å². The number of halogens is 1. The highest BCUT2D eigenvalue weighted by molar-refractivity contribution is 5.90. The number of aryl methyl sites for hydroxylation is 2. The summed E-state index contributed by atoms with van der Waals surface area (Å²) < 4.78 is 14.6. The molecule has 0 fully saturated rings. The van der Waals surface area contributed by atoms with Crippen LogP contribution in [-0.4, -0.2) is 27.5 Å². The van der Waals surface area contributed by atoms with Crippen LogP contribution in [0.25, 0.3) is 0 Å². The third kappa shape index (κ3) is 4.07. The molecule has 0 aliphatic rings. The minimum absolute atomic E-state index is 0.0253. The first kappa shape index (κ1) is 17.0. The molecule has 1 atom stereocenters. The van der Waals surface area contributed by atoms with Gasteiger partial charge in [0.2, 0.25) is 0 Å². The number of nitrogens with zero attached hydrogens (tertiary/aromatic N) is 2. The molecule has 2 aromatic rings. The monoisotopic (exact) mass is 320 g/mol. The van der Waals surface area contributed by atoms with Crippen molar-refractivity contribution < 1.29 is 14.3 Å². The van der Waals surface area contributed by atoms with E-state index in [9.17, 15) is 14.3 Å². The topological polar surface area (TPSA) is 79.2 Å². The van der Waals surface area contributed by atoms with Gasteiger partial charge in [-0.15, -0.1) is 0 Å². The summed E-state index contributed by atoms with van der Waals surface area (Å²) in [6.07, 6.45) is -0.901. The average Bonchev–Trinajstić information content (AvgIpc) is 2.80. The van der Waals surface area contributed by atoms with E-state index in [2.05, 4.69) is 15.7 Å². The Balaban J connectivity index is 1.92. The molecular formula is C16H21FN4O2. The predicted molar refractivity (Wildman–Crippen MR) is 85.8 cm³/mol. The minimum Gasteiger partial charge on any atom is -0.387 e. The molecule has 1 aromatic heterocycles. The van der Waals surface area contributed by atoms with Crippen LogP contribution >= 0.6 is 0 Å². The van der Waals surface area contributed by atoms with Gasteiger partial charge in [0.1, 0.15) is 5.82 Å². The van der Waals surface area contributed by atoms with Crippen molar-refractivity contribution >= 4 is 11.7 Å². The molecule has 7 heteroatoms. The maximum absolute atomic E-state index is 12.8. The summed E-state index contributed by atoms with van der Waals surface area (Å²) in [5, 5.41) is 19.7. The van der Waals surface area contributed by atoms with Crippen molar-refractivity contribution in [2.24, 2.45) is 0 Å². The van der Waals surface area contributed by atoms with Gasteiger partial charge < -0.3 is 15.7 Å². The van der Waals surface area contributed by atoms with Crippen LogP contribution in [0.2, 0.25) is 0 Å². The molecule has 0 bridgehead atoms. The number of aliphatic hydroxyl groups is 1. The van der Waals surface area contributed by atoms with E-state index in [0.717, 1.165) is 17.9 Å². The Morgan fingerprint density at radius 3 is 2.57 bits per heavy atom. The van der Waals surface area contributed by atoms with Gasteiger partial charge in [-0.1, -0.05) is 12.1 Å². The SMILES string of the molecule is CCn1nc(C)c(NC(=O)NCC(O)c2ccc(F)cc2)c1C. The molecule has 0 radical (unpaired) electrons. The molecule has 3 N–H and O–H groups in total. The van der Waals surface area contributed by atoms with Gasteiger partial charge >= 0.3 is 6.03 Å². The number of benzene rings is 1. The van der Waals surface area contributed by atoms with E-state index in [0.29, 0.717) is 11.3 Å². The Bertz CT molecular complexity index is 682. The molecule has 0 saturated heterocycles. The molecule has 6 nitrogen and oxygen atoms in total. The molecule has 124 valence electrons. The first-order valence-corrected chi connectivity index (χ1v) is 7.44. The van der Waals surface area contributed by atoms with Crippen LogP contribution in [0.1, 0.15) is 30.0 Å². The zero-order chi connectivity index (χ0) is 17.0. The standard InChI is InChI=1S/C16H21FN4O2/c1-4-21-11(3)15(10(2)20-21)19-16(23)18-9-14(22)12-5-7-13(17)8-6-12/h5-8,14,22H,4,9H2,1-3H3,(H2,18,19,23). The molecule has 23 heavy (non-hydrogen) atoms. The van der Waals surface area contributed by atoms with Crippen molar-refractivity contribution in [1.82, 2.24) is 15.1 Å². The molecule has 2 rings (SSSR count).